The Labute approximate surface area is 245 Å². The first-order chi connectivity index (χ1) is 20.0. The lowest BCUT2D eigenvalue weighted by Crippen LogP contribution is -2.68. The standard InChI is InChI=1S/C30H28ClNO10/c1-16(32-27(33)23-24(40-28(34)35)26(42-30(38)39)25(23)41-29(36)37)22(15-17-7-13-21(31)14-8-17)20-11-9-19(10-12-20)18-5-3-2-4-6-18/h2-14,16,22-26H,15H2,1H3,(H,32,33)(H,34,35)(H,36,37)(H,38,39)/t16-,22-,23-,24-,25-,26-/m0/s1. The summed E-state index contributed by atoms with van der Waals surface area (Å²) in [6.45, 7) is 1.76. The maximum absolute atomic E-state index is 13.4. The second kappa shape index (κ2) is 13.3. The number of carbonyl (C=O) groups excluding carboxylic acids is 1. The van der Waals surface area contributed by atoms with E-state index in [1.165, 1.54) is 0 Å². The predicted molar refractivity (Wildman–Crippen MR) is 150 cm³/mol. The SMILES string of the molecule is C[C@H](NC(=O)[C@H]1[C@H](OC(=O)O)[C@H](OC(=O)O)[C@H]1OC(=O)O)[C@H](Cc1ccc(Cl)cc1)c1ccc(-c2ccccc2)cc1. The molecule has 11 nitrogen and oxygen atoms in total. The van der Waals surface area contributed by atoms with Crippen LogP contribution in [0.4, 0.5) is 14.4 Å². The highest BCUT2D eigenvalue weighted by Gasteiger charge is 2.62. The molecular weight excluding hydrogens is 570 g/mol. The number of carbonyl (C=O) groups is 4. The molecule has 42 heavy (non-hydrogen) atoms. The fraction of sp³-hybridized carbons (Fsp3) is 0.267. The van der Waals surface area contributed by atoms with Crippen LogP contribution in [0.15, 0.2) is 78.9 Å². The highest BCUT2D eigenvalue weighted by Crippen LogP contribution is 2.38. The van der Waals surface area contributed by atoms with Gasteiger partial charge in [-0.15, -0.1) is 0 Å². The van der Waals surface area contributed by atoms with Gasteiger partial charge in [-0.1, -0.05) is 78.3 Å². The van der Waals surface area contributed by atoms with E-state index in [0.29, 0.717) is 11.4 Å². The van der Waals surface area contributed by atoms with Crippen LogP contribution >= 0.6 is 11.6 Å². The number of rotatable bonds is 10. The van der Waals surface area contributed by atoms with Crippen LogP contribution in [0.1, 0.15) is 24.0 Å². The molecule has 0 unspecified atom stereocenters. The lowest BCUT2D eigenvalue weighted by atomic mass is 9.74. The average Bonchev–Trinajstić information content (AvgIpc) is 2.95. The number of halogens is 1. The van der Waals surface area contributed by atoms with Crippen LogP contribution in [0.25, 0.3) is 11.1 Å². The number of nitrogens with one attached hydrogen (secondary N) is 1. The van der Waals surface area contributed by atoms with Gasteiger partial charge >= 0.3 is 18.5 Å². The van der Waals surface area contributed by atoms with Gasteiger partial charge < -0.3 is 34.8 Å². The van der Waals surface area contributed by atoms with Crippen molar-refractivity contribution < 1.29 is 48.7 Å². The summed E-state index contributed by atoms with van der Waals surface area (Å²) in [5, 5.41) is 30.7. The van der Waals surface area contributed by atoms with E-state index in [-0.39, 0.29) is 5.92 Å². The molecule has 1 amide bonds. The monoisotopic (exact) mass is 597 g/mol. The van der Waals surface area contributed by atoms with Gasteiger partial charge in [0.2, 0.25) is 5.91 Å². The molecule has 0 bridgehead atoms. The third-order valence-electron chi connectivity index (χ3n) is 7.16. The second-order valence-electron chi connectivity index (χ2n) is 9.79. The van der Waals surface area contributed by atoms with Crippen LogP contribution in [0.2, 0.25) is 5.02 Å². The largest absolute Gasteiger partial charge is 0.506 e. The molecule has 12 heteroatoms. The van der Waals surface area contributed by atoms with Crippen molar-refractivity contribution in [3.63, 3.8) is 0 Å². The number of benzene rings is 3. The van der Waals surface area contributed by atoms with E-state index in [4.69, 9.17) is 36.4 Å². The quantitative estimate of drug-likeness (QED) is 0.169. The summed E-state index contributed by atoms with van der Waals surface area (Å²) in [5.41, 5.74) is 3.88. The number of ether oxygens (including phenoxy) is 3. The molecule has 1 fully saturated rings. The lowest BCUT2D eigenvalue weighted by molar-refractivity contribution is -0.207. The summed E-state index contributed by atoms with van der Waals surface area (Å²) in [5.74, 6) is -2.56. The third-order valence-corrected chi connectivity index (χ3v) is 7.41. The minimum Gasteiger partial charge on any atom is -0.450 e. The first-order valence-corrected chi connectivity index (χ1v) is 13.3. The number of carboxylic acid groups (broad SMARTS) is 3. The van der Waals surface area contributed by atoms with Crippen molar-refractivity contribution in [3.8, 4) is 11.1 Å². The fourth-order valence-electron chi connectivity index (χ4n) is 5.13. The molecule has 0 radical (unpaired) electrons. The molecule has 220 valence electrons. The van der Waals surface area contributed by atoms with E-state index in [0.717, 1.165) is 22.3 Å². The van der Waals surface area contributed by atoms with E-state index in [1.807, 2.05) is 66.7 Å². The Kier molecular flexibility index (Phi) is 9.53. The first kappa shape index (κ1) is 30.2. The summed E-state index contributed by atoms with van der Waals surface area (Å²) in [6.07, 6.45) is -9.80. The predicted octanol–water partition coefficient (Wildman–Crippen LogP) is 5.66. The zero-order chi connectivity index (χ0) is 30.4. The van der Waals surface area contributed by atoms with Crippen molar-refractivity contribution in [2.24, 2.45) is 5.92 Å². The van der Waals surface area contributed by atoms with E-state index in [9.17, 15) is 19.2 Å². The number of hydrogen-bond donors (Lipinski definition) is 4. The van der Waals surface area contributed by atoms with Crippen molar-refractivity contribution in [3.05, 3.63) is 95.0 Å². The Hall–Kier alpha value is -4.77. The summed E-state index contributed by atoms with van der Waals surface area (Å²) in [6, 6.07) is 24.4. The summed E-state index contributed by atoms with van der Waals surface area (Å²) < 4.78 is 14.0. The maximum atomic E-state index is 13.4. The highest BCUT2D eigenvalue weighted by molar-refractivity contribution is 6.30. The molecule has 1 aliphatic rings. The topological polar surface area (TPSA) is 169 Å². The van der Waals surface area contributed by atoms with E-state index < -0.39 is 54.6 Å². The Morgan fingerprint density at radius 3 is 1.76 bits per heavy atom. The van der Waals surface area contributed by atoms with Gasteiger partial charge in [0.15, 0.2) is 18.3 Å². The first-order valence-electron chi connectivity index (χ1n) is 12.9. The molecule has 3 aromatic rings. The van der Waals surface area contributed by atoms with Crippen molar-refractivity contribution in [2.75, 3.05) is 0 Å². The zero-order valence-electron chi connectivity index (χ0n) is 22.3. The van der Waals surface area contributed by atoms with E-state index in [2.05, 4.69) is 10.1 Å². The Balaban J connectivity index is 1.60. The maximum Gasteiger partial charge on any atom is 0.506 e. The van der Waals surface area contributed by atoms with Crippen LogP contribution in [0.3, 0.4) is 0 Å². The molecule has 0 aliphatic heterocycles. The highest BCUT2D eigenvalue weighted by atomic mass is 35.5. The van der Waals surface area contributed by atoms with E-state index >= 15 is 0 Å². The zero-order valence-corrected chi connectivity index (χ0v) is 23.0. The minimum absolute atomic E-state index is 0.288. The van der Waals surface area contributed by atoms with Gasteiger partial charge in [0.05, 0.1) is 0 Å². The normalized spacial score (nSPS) is 20.7. The van der Waals surface area contributed by atoms with Crippen LogP contribution in [-0.2, 0) is 25.4 Å². The van der Waals surface area contributed by atoms with Crippen molar-refractivity contribution in [1.29, 1.82) is 0 Å². The van der Waals surface area contributed by atoms with Crippen LogP contribution < -0.4 is 5.32 Å². The average molecular weight is 598 g/mol. The second-order valence-corrected chi connectivity index (χ2v) is 10.2. The lowest BCUT2D eigenvalue weighted by Gasteiger charge is -2.46. The van der Waals surface area contributed by atoms with Crippen molar-refractivity contribution in [2.45, 2.75) is 43.6 Å². The molecule has 3 aromatic carbocycles. The Bertz CT molecular complexity index is 1390. The fourth-order valence-corrected chi connectivity index (χ4v) is 5.26. The third kappa shape index (κ3) is 7.29. The molecule has 4 rings (SSSR count). The molecule has 1 aliphatic carbocycles. The van der Waals surface area contributed by atoms with Gasteiger partial charge in [0.1, 0.15) is 5.92 Å². The van der Waals surface area contributed by atoms with Gasteiger partial charge in [-0.3, -0.25) is 4.79 Å². The van der Waals surface area contributed by atoms with Crippen LogP contribution in [0, 0.1) is 5.92 Å². The van der Waals surface area contributed by atoms with Gasteiger partial charge in [-0.05, 0) is 47.7 Å². The summed E-state index contributed by atoms with van der Waals surface area (Å²) in [7, 11) is 0. The minimum atomic E-state index is -1.81. The van der Waals surface area contributed by atoms with Crippen molar-refractivity contribution in [1.82, 2.24) is 5.32 Å². The van der Waals surface area contributed by atoms with Gasteiger partial charge in [0.25, 0.3) is 0 Å². The van der Waals surface area contributed by atoms with Crippen molar-refractivity contribution >= 4 is 36.0 Å². The Morgan fingerprint density at radius 1 is 0.738 bits per heavy atom. The molecule has 0 aromatic heterocycles. The molecule has 0 saturated heterocycles. The van der Waals surface area contributed by atoms with Gasteiger partial charge in [-0.25, -0.2) is 14.4 Å². The van der Waals surface area contributed by atoms with Gasteiger partial charge in [-0.2, -0.15) is 0 Å². The smallest absolute Gasteiger partial charge is 0.450 e. The summed E-state index contributed by atoms with van der Waals surface area (Å²) >= 11 is 6.06. The molecule has 0 heterocycles. The number of hydrogen-bond acceptors (Lipinski definition) is 7. The number of amides is 1. The van der Waals surface area contributed by atoms with E-state index in [1.54, 1.807) is 19.1 Å². The molecule has 1 saturated carbocycles. The van der Waals surface area contributed by atoms with Gasteiger partial charge in [0, 0.05) is 17.0 Å². The molecular formula is C30H28ClNO10. The Morgan fingerprint density at radius 2 is 1.24 bits per heavy atom. The van der Waals surface area contributed by atoms with Crippen LogP contribution in [-0.4, -0.2) is 64.0 Å². The molecule has 0 spiro atoms. The molecule has 4 N–H and O–H groups in total. The van der Waals surface area contributed by atoms with Crippen LogP contribution in [0.5, 0.6) is 0 Å². The summed E-state index contributed by atoms with van der Waals surface area (Å²) in [4.78, 5) is 47.1. The molecule has 4 atom stereocenters.